The second-order valence-electron chi connectivity index (χ2n) is 3.37. The number of hydrogen-bond donors (Lipinski definition) is 2. The zero-order valence-electron chi connectivity index (χ0n) is 8.14. The van der Waals surface area contributed by atoms with Crippen LogP contribution in [-0.4, -0.2) is 45.6 Å². The zero-order chi connectivity index (χ0) is 10.8. The number of aryl methyl sites for hydroxylation is 1. The van der Waals surface area contributed by atoms with Crippen molar-refractivity contribution in [1.29, 1.82) is 0 Å². The smallest absolute Gasteiger partial charge is 0.243 e. The van der Waals surface area contributed by atoms with Gasteiger partial charge in [-0.15, -0.1) is 10.2 Å². The molecule has 0 aromatic carbocycles. The van der Waals surface area contributed by atoms with Crippen molar-refractivity contribution < 1.29 is 9.84 Å². The summed E-state index contributed by atoms with van der Waals surface area (Å²) in [6, 6.07) is -0.188. The van der Waals surface area contributed by atoms with Gasteiger partial charge < -0.3 is 15.2 Å². The Morgan fingerprint density at radius 2 is 2.27 bits per heavy atom. The van der Waals surface area contributed by atoms with Crippen LogP contribution < -0.4 is 5.32 Å². The molecule has 2 atom stereocenters. The number of aromatic nitrogens is 3. The maximum Gasteiger partial charge on any atom is 0.243 e. The molecular weight excluding hydrogens is 220 g/mol. The Bertz CT molecular complexity index is 362. The van der Waals surface area contributed by atoms with E-state index in [-0.39, 0.29) is 11.2 Å². The van der Waals surface area contributed by atoms with E-state index in [1.165, 1.54) is 0 Å². The number of hydrogen-bond acceptors (Lipinski definition) is 6. The van der Waals surface area contributed by atoms with E-state index in [1.807, 2.05) is 0 Å². The van der Waals surface area contributed by atoms with E-state index in [4.69, 9.17) is 16.3 Å². The lowest BCUT2D eigenvalue weighted by Gasteiger charge is -2.13. The normalized spacial score (nSPS) is 25.5. The molecule has 2 N–H and O–H groups in total. The molecule has 7 heteroatoms. The lowest BCUT2D eigenvalue weighted by Crippen LogP contribution is -2.32. The van der Waals surface area contributed by atoms with Gasteiger partial charge in [0, 0.05) is 0 Å². The van der Waals surface area contributed by atoms with E-state index >= 15 is 0 Å². The van der Waals surface area contributed by atoms with Gasteiger partial charge in [0.05, 0.1) is 31.1 Å². The van der Waals surface area contributed by atoms with Crippen molar-refractivity contribution >= 4 is 17.5 Å². The quantitative estimate of drug-likeness (QED) is 0.745. The van der Waals surface area contributed by atoms with Crippen LogP contribution in [0.2, 0.25) is 5.15 Å². The molecule has 1 aliphatic heterocycles. The molecule has 1 aromatic heterocycles. The number of aliphatic hydroxyl groups excluding tert-OH is 1. The van der Waals surface area contributed by atoms with Gasteiger partial charge in [-0.2, -0.15) is 0 Å². The Morgan fingerprint density at radius 3 is 2.87 bits per heavy atom. The van der Waals surface area contributed by atoms with Crippen molar-refractivity contribution in [1.82, 2.24) is 15.2 Å². The zero-order valence-corrected chi connectivity index (χ0v) is 8.90. The number of aliphatic hydroxyl groups is 1. The minimum Gasteiger partial charge on any atom is -0.388 e. The second-order valence-corrected chi connectivity index (χ2v) is 3.73. The monoisotopic (exact) mass is 230 g/mol. The van der Waals surface area contributed by atoms with Crippen LogP contribution in [-0.2, 0) is 4.74 Å². The summed E-state index contributed by atoms with van der Waals surface area (Å²) in [4.78, 5) is 4.09. The fourth-order valence-corrected chi connectivity index (χ4v) is 1.38. The van der Waals surface area contributed by atoms with Crippen molar-refractivity contribution in [3.05, 3.63) is 10.8 Å². The van der Waals surface area contributed by atoms with Gasteiger partial charge in [0.15, 0.2) is 5.15 Å². The Morgan fingerprint density at radius 1 is 1.47 bits per heavy atom. The molecule has 2 rings (SSSR count). The van der Waals surface area contributed by atoms with Crippen molar-refractivity contribution in [2.45, 2.75) is 19.1 Å². The molecule has 15 heavy (non-hydrogen) atoms. The van der Waals surface area contributed by atoms with Crippen LogP contribution >= 0.6 is 11.6 Å². The summed E-state index contributed by atoms with van der Waals surface area (Å²) in [6.07, 6.45) is -0.537. The number of halogens is 1. The number of rotatable bonds is 2. The molecule has 0 aliphatic carbocycles. The summed E-state index contributed by atoms with van der Waals surface area (Å²) < 4.78 is 5.08. The van der Waals surface area contributed by atoms with E-state index in [1.54, 1.807) is 6.92 Å². The molecule has 1 aliphatic rings. The predicted octanol–water partition coefficient (Wildman–Crippen LogP) is 0.00502. The SMILES string of the molecule is Cc1nc(N[C@@H]2COC[C@H]2O)nnc1Cl. The molecule has 6 nitrogen and oxygen atoms in total. The van der Waals surface area contributed by atoms with E-state index in [0.717, 1.165) is 0 Å². The summed E-state index contributed by atoms with van der Waals surface area (Å²) in [5, 5.41) is 20.2. The van der Waals surface area contributed by atoms with Gasteiger partial charge in [0.2, 0.25) is 5.95 Å². The third-order valence-corrected chi connectivity index (χ3v) is 2.52. The van der Waals surface area contributed by atoms with Crippen LogP contribution in [0.25, 0.3) is 0 Å². The Hall–Kier alpha value is -0.980. The lowest BCUT2D eigenvalue weighted by molar-refractivity contribution is 0.125. The summed E-state index contributed by atoms with van der Waals surface area (Å²) >= 11 is 5.69. The number of ether oxygens (including phenoxy) is 1. The topological polar surface area (TPSA) is 80.2 Å². The van der Waals surface area contributed by atoms with Crippen LogP contribution in [0, 0.1) is 6.92 Å². The Labute approximate surface area is 91.6 Å². The summed E-state index contributed by atoms with van der Waals surface area (Å²) in [5.74, 6) is 0.353. The van der Waals surface area contributed by atoms with E-state index in [2.05, 4.69) is 20.5 Å². The van der Waals surface area contributed by atoms with Gasteiger partial charge in [-0.25, -0.2) is 4.98 Å². The molecule has 2 heterocycles. The maximum atomic E-state index is 9.48. The number of anilines is 1. The van der Waals surface area contributed by atoms with Gasteiger partial charge in [0.1, 0.15) is 0 Å². The molecule has 0 amide bonds. The second kappa shape index (κ2) is 4.26. The standard InChI is InChI=1S/C8H11ClN4O2/c1-4-7(9)12-13-8(10-4)11-5-2-15-3-6(5)14/h5-6,14H,2-3H2,1H3,(H,10,11,13)/t5-,6-/m1/s1. The Kier molecular flexibility index (Phi) is 2.99. The average molecular weight is 231 g/mol. The molecule has 1 aromatic rings. The first kappa shape index (κ1) is 10.5. The van der Waals surface area contributed by atoms with Crippen LogP contribution in [0.1, 0.15) is 5.69 Å². The average Bonchev–Trinajstić information content (AvgIpc) is 2.59. The van der Waals surface area contributed by atoms with Gasteiger partial charge in [-0.05, 0) is 6.92 Å². The van der Waals surface area contributed by atoms with Crippen LogP contribution in [0.5, 0.6) is 0 Å². The predicted molar refractivity (Wildman–Crippen MR) is 53.8 cm³/mol. The molecule has 1 saturated heterocycles. The van der Waals surface area contributed by atoms with Gasteiger partial charge in [-0.1, -0.05) is 11.6 Å². The highest BCUT2D eigenvalue weighted by atomic mass is 35.5. The fraction of sp³-hybridized carbons (Fsp3) is 0.625. The van der Waals surface area contributed by atoms with Crippen molar-refractivity contribution in [3.63, 3.8) is 0 Å². The molecular formula is C8H11ClN4O2. The van der Waals surface area contributed by atoms with Gasteiger partial charge in [0.25, 0.3) is 0 Å². The maximum absolute atomic E-state index is 9.48. The van der Waals surface area contributed by atoms with E-state index in [9.17, 15) is 5.11 Å². The largest absolute Gasteiger partial charge is 0.388 e. The Balaban J connectivity index is 2.07. The third kappa shape index (κ3) is 2.34. The number of nitrogens with one attached hydrogen (secondary N) is 1. The minimum absolute atomic E-state index is 0.188. The van der Waals surface area contributed by atoms with Crippen molar-refractivity contribution in [2.75, 3.05) is 18.5 Å². The lowest BCUT2D eigenvalue weighted by atomic mass is 10.2. The summed E-state index contributed by atoms with van der Waals surface area (Å²) in [5.41, 5.74) is 0.600. The molecule has 0 unspecified atom stereocenters. The highest BCUT2D eigenvalue weighted by Gasteiger charge is 2.26. The highest BCUT2D eigenvalue weighted by molar-refractivity contribution is 6.29. The van der Waals surface area contributed by atoms with E-state index < -0.39 is 6.10 Å². The summed E-state index contributed by atoms with van der Waals surface area (Å²) in [6.45, 7) is 2.51. The van der Waals surface area contributed by atoms with Crippen LogP contribution in [0.15, 0.2) is 0 Å². The molecule has 0 saturated carbocycles. The fourth-order valence-electron chi connectivity index (χ4n) is 1.30. The molecule has 82 valence electrons. The third-order valence-electron chi connectivity index (χ3n) is 2.17. The molecule has 0 spiro atoms. The number of nitrogens with zero attached hydrogens (tertiary/aromatic N) is 3. The highest BCUT2D eigenvalue weighted by Crippen LogP contribution is 2.13. The van der Waals surface area contributed by atoms with E-state index in [0.29, 0.717) is 24.9 Å². The van der Waals surface area contributed by atoms with Gasteiger partial charge in [-0.3, -0.25) is 0 Å². The first-order valence-electron chi connectivity index (χ1n) is 4.56. The first-order valence-corrected chi connectivity index (χ1v) is 4.94. The molecule has 0 radical (unpaired) electrons. The molecule has 1 fully saturated rings. The van der Waals surface area contributed by atoms with Crippen LogP contribution in [0.3, 0.4) is 0 Å². The summed E-state index contributed by atoms with van der Waals surface area (Å²) in [7, 11) is 0. The van der Waals surface area contributed by atoms with Crippen molar-refractivity contribution in [2.24, 2.45) is 0 Å². The first-order chi connectivity index (χ1) is 7.16. The van der Waals surface area contributed by atoms with Crippen molar-refractivity contribution in [3.8, 4) is 0 Å². The van der Waals surface area contributed by atoms with Crippen LogP contribution in [0.4, 0.5) is 5.95 Å². The minimum atomic E-state index is -0.537. The van der Waals surface area contributed by atoms with Gasteiger partial charge >= 0.3 is 0 Å². The molecule has 0 bridgehead atoms.